The maximum atomic E-state index is 6.69. The zero-order valence-electron chi connectivity index (χ0n) is 11.7. The number of hydrogen-bond acceptors (Lipinski definition) is 0. The summed E-state index contributed by atoms with van der Waals surface area (Å²) in [6.45, 7) is 8.32. The van der Waals surface area contributed by atoms with Crippen LogP contribution < -0.4 is 0 Å². The van der Waals surface area contributed by atoms with E-state index in [1.54, 1.807) is 0 Å². The zero-order valence-corrected chi connectivity index (χ0v) is 13.2. The fourth-order valence-corrected chi connectivity index (χ4v) is 3.43. The Morgan fingerprint density at radius 3 is 2.05 bits per heavy atom. The monoisotopic (exact) mass is 292 g/mol. The minimum Gasteiger partial charge on any atom is -0.113 e. The summed E-state index contributed by atoms with van der Waals surface area (Å²) in [5.41, 5.74) is 6.91. The Morgan fingerprint density at radius 1 is 0.895 bits per heavy atom. The van der Waals surface area contributed by atoms with Gasteiger partial charge in [-0.15, -0.1) is 11.6 Å². The lowest BCUT2D eigenvalue weighted by molar-refractivity contribution is 1.07. The Kier molecular flexibility index (Phi) is 4.23. The Morgan fingerprint density at radius 2 is 1.47 bits per heavy atom. The van der Waals surface area contributed by atoms with Gasteiger partial charge >= 0.3 is 0 Å². The molecule has 0 aliphatic heterocycles. The third kappa shape index (κ3) is 2.80. The zero-order chi connectivity index (χ0) is 14.2. The van der Waals surface area contributed by atoms with Gasteiger partial charge in [-0.25, -0.2) is 0 Å². The van der Waals surface area contributed by atoms with Crippen LogP contribution in [0.15, 0.2) is 30.3 Å². The van der Waals surface area contributed by atoms with Crippen molar-refractivity contribution in [3.05, 3.63) is 68.7 Å². The van der Waals surface area contributed by atoms with Gasteiger partial charge in [0, 0.05) is 5.02 Å². The second-order valence-electron chi connectivity index (χ2n) is 5.15. The Balaban J connectivity index is 2.56. The molecule has 0 amide bonds. The molecule has 1 atom stereocenters. The molecule has 0 aliphatic rings. The quantitative estimate of drug-likeness (QED) is 0.604. The van der Waals surface area contributed by atoms with Crippen molar-refractivity contribution in [3.8, 4) is 0 Å². The molecule has 100 valence electrons. The summed E-state index contributed by atoms with van der Waals surface area (Å²) >= 11 is 13.1. The van der Waals surface area contributed by atoms with Crippen LogP contribution in [-0.2, 0) is 0 Å². The molecule has 0 saturated carbocycles. The van der Waals surface area contributed by atoms with E-state index in [0.29, 0.717) is 0 Å². The SMILES string of the molecule is Cc1cc(C)c(C(Cl)c2cccc(C)c2Cl)c(C)c1. The van der Waals surface area contributed by atoms with Crippen LogP contribution in [0.4, 0.5) is 0 Å². The summed E-state index contributed by atoms with van der Waals surface area (Å²) < 4.78 is 0. The summed E-state index contributed by atoms with van der Waals surface area (Å²) in [5, 5.41) is 0.565. The first kappa shape index (κ1) is 14.4. The van der Waals surface area contributed by atoms with Gasteiger partial charge in [0.1, 0.15) is 0 Å². The van der Waals surface area contributed by atoms with Gasteiger partial charge in [-0.2, -0.15) is 0 Å². The van der Waals surface area contributed by atoms with Crippen molar-refractivity contribution in [2.75, 3.05) is 0 Å². The average Bonchev–Trinajstić information content (AvgIpc) is 2.31. The molecule has 0 heterocycles. The molecule has 2 rings (SSSR count). The van der Waals surface area contributed by atoms with E-state index >= 15 is 0 Å². The third-order valence-corrected chi connectivity index (χ3v) is 4.46. The summed E-state index contributed by atoms with van der Waals surface area (Å²) in [6, 6.07) is 10.4. The molecular weight excluding hydrogens is 275 g/mol. The highest BCUT2D eigenvalue weighted by atomic mass is 35.5. The number of alkyl halides is 1. The molecule has 0 aliphatic carbocycles. The van der Waals surface area contributed by atoms with E-state index in [1.807, 2.05) is 25.1 Å². The lowest BCUT2D eigenvalue weighted by Crippen LogP contribution is -2.01. The van der Waals surface area contributed by atoms with Gasteiger partial charge in [0.15, 0.2) is 0 Å². The van der Waals surface area contributed by atoms with E-state index in [9.17, 15) is 0 Å². The third-order valence-electron chi connectivity index (χ3n) is 3.49. The molecule has 0 nitrogen and oxygen atoms in total. The molecule has 0 aromatic heterocycles. The Labute approximate surface area is 125 Å². The highest BCUT2D eigenvalue weighted by Crippen LogP contribution is 2.38. The van der Waals surface area contributed by atoms with Crippen LogP contribution in [0.2, 0.25) is 5.02 Å². The van der Waals surface area contributed by atoms with E-state index in [-0.39, 0.29) is 5.38 Å². The molecule has 2 heteroatoms. The van der Waals surface area contributed by atoms with Crippen molar-refractivity contribution in [2.24, 2.45) is 0 Å². The van der Waals surface area contributed by atoms with Crippen LogP contribution in [0.5, 0.6) is 0 Å². The molecular formula is C17H18Cl2. The molecule has 0 radical (unpaired) electrons. The summed E-state index contributed by atoms with van der Waals surface area (Å²) in [6.07, 6.45) is 0. The number of rotatable bonds is 2. The Hall–Kier alpha value is -0.980. The highest BCUT2D eigenvalue weighted by molar-refractivity contribution is 6.33. The van der Waals surface area contributed by atoms with Gasteiger partial charge in [-0.1, -0.05) is 47.5 Å². The van der Waals surface area contributed by atoms with Gasteiger partial charge in [0.25, 0.3) is 0 Å². The molecule has 2 aromatic rings. The van der Waals surface area contributed by atoms with E-state index in [0.717, 1.165) is 16.1 Å². The van der Waals surface area contributed by atoms with Gasteiger partial charge in [-0.3, -0.25) is 0 Å². The highest BCUT2D eigenvalue weighted by Gasteiger charge is 2.19. The van der Waals surface area contributed by atoms with Crippen molar-refractivity contribution in [1.82, 2.24) is 0 Å². The molecule has 0 saturated heterocycles. The molecule has 0 fully saturated rings. The van der Waals surface area contributed by atoms with Crippen LogP contribution in [0.1, 0.15) is 38.8 Å². The molecule has 0 N–H and O–H groups in total. The maximum absolute atomic E-state index is 6.69. The number of hydrogen-bond donors (Lipinski definition) is 0. The van der Waals surface area contributed by atoms with E-state index < -0.39 is 0 Å². The van der Waals surface area contributed by atoms with E-state index in [2.05, 4.69) is 32.9 Å². The van der Waals surface area contributed by atoms with Crippen molar-refractivity contribution >= 4 is 23.2 Å². The van der Waals surface area contributed by atoms with Crippen molar-refractivity contribution in [3.63, 3.8) is 0 Å². The molecule has 0 bridgehead atoms. The molecule has 19 heavy (non-hydrogen) atoms. The first-order valence-electron chi connectivity index (χ1n) is 6.38. The Bertz CT molecular complexity index is 592. The second-order valence-corrected chi connectivity index (χ2v) is 5.97. The standard InChI is InChI=1S/C17H18Cl2/c1-10-8-12(3)15(13(4)9-10)17(19)14-7-5-6-11(2)16(14)18/h5-9,17H,1-4H3. The smallest absolute Gasteiger partial charge is 0.0855 e. The minimum atomic E-state index is -0.201. The molecule has 0 spiro atoms. The number of aryl methyl sites for hydroxylation is 4. The van der Waals surface area contributed by atoms with Crippen LogP contribution >= 0.6 is 23.2 Å². The van der Waals surface area contributed by atoms with E-state index in [1.165, 1.54) is 22.3 Å². The molecule has 2 aromatic carbocycles. The number of benzene rings is 2. The van der Waals surface area contributed by atoms with Crippen LogP contribution in [-0.4, -0.2) is 0 Å². The lowest BCUT2D eigenvalue weighted by atomic mass is 9.93. The summed E-state index contributed by atoms with van der Waals surface area (Å²) in [4.78, 5) is 0. The van der Waals surface area contributed by atoms with Crippen LogP contribution in [0, 0.1) is 27.7 Å². The first-order chi connectivity index (χ1) is 8.91. The molecule has 1 unspecified atom stereocenters. The van der Waals surface area contributed by atoms with Gasteiger partial charge in [0.2, 0.25) is 0 Å². The fourth-order valence-electron chi connectivity index (χ4n) is 2.61. The van der Waals surface area contributed by atoms with Gasteiger partial charge in [0.05, 0.1) is 5.38 Å². The number of halogens is 2. The average molecular weight is 293 g/mol. The van der Waals surface area contributed by atoms with Crippen molar-refractivity contribution in [1.29, 1.82) is 0 Å². The minimum absolute atomic E-state index is 0.201. The topological polar surface area (TPSA) is 0 Å². The van der Waals surface area contributed by atoms with Gasteiger partial charge < -0.3 is 0 Å². The van der Waals surface area contributed by atoms with Gasteiger partial charge in [-0.05, 0) is 55.5 Å². The second kappa shape index (κ2) is 5.56. The maximum Gasteiger partial charge on any atom is 0.0855 e. The van der Waals surface area contributed by atoms with Crippen molar-refractivity contribution in [2.45, 2.75) is 33.1 Å². The fraction of sp³-hybridized carbons (Fsp3) is 0.294. The van der Waals surface area contributed by atoms with E-state index in [4.69, 9.17) is 23.2 Å². The van der Waals surface area contributed by atoms with Crippen molar-refractivity contribution < 1.29 is 0 Å². The predicted molar refractivity (Wildman–Crippen MR) is 84.5 cm³/mol. The summed E-state index contributed by atoms with van der Waals surface area (Å²) in [5.74, 6) is 0. The van der Waals surface area contributed by atoms with Crippen LogP contribution in [0.25, 0.3) is 0 Å². The largest absolute Gasteiger partial charge is 0.113 e. The normalized spacial score (nSPS) is 12.5. The lowest BCUT2D eigenvalue weighted by Gasteiger charge is -2.19. The van der Waals surface area contributed by atoms with Crippen LogP contribution in [0.3, 0.4) is 0 Å². The first-order valence-corrected chi connectivity index (χ1v) is 7.20. The summed E-state index contributed by atoms with van der Waals surface area (Å²) in [7, 11) is 0. The predicted octanol–water partition coefficient (Wildman–Crippen LogP) is 5.90.